The maximum absolute atomic E-state index is 12.4. The number of carbonyl (C=O) groups is 1. The van der Waals surface area contributed by atoms with Gasteiger partial charge in [0.2, 0.25) is 5.78 Å². The third-order valence-corrected chi connectivity index (χ3v) is 3.43. The molecule has 5 nitrogen and oxygen atoms in total. The van der Waals surface area contributed by atoms with E-state index in [9.17, 15) is 4.79 Å². The third kappa shape index (κ3) is 2.40. The minimum atomic E-state index is -0.0681. The zero-order valence-electron chi connectivity index (χ0n) is 10.8. The molecule has 1 aliphatic rings. The summed E-state index contributed by atoms with van der Waals surface area (Å²) in [6.45, 7) is 5.54. The van der Waals surface area contributed by atoms with Crippen molar-refractivity contribution in [2.45, 2.75) is 19.5 Å². The summed E-state index contributed by atoms with van der Waals surface area (Å²) in [6.07, 6.45) is 3.56. The van der Waals surface area contributed by atoms with Gasteiger partial charge >= 0.3 is 0 Å². The van der Waals surface area contributed by atoms with Crippen molar-refractivity contribution in [1.82, 2.24) is 19.4 Å². The maximum Gasteiger partial charge on any atom is 0.216 e. The average Bonchev–Trinajstić information content (AvgIpc) is 2.79. The fourth-order valence-corrected chi connectivity index (χ4v) is 2.23. The number of likely N-dealkylation sites (N-methyl/N-ethyl adjacent to an activating group) is 2. The number of imidazole rings is 1. The highest BCUT2D eigenvalue weighted by Crippen LogP contribution is 2.12. The van der Waals surface area contributed by atoms with Crippen LogP contribution in [0, 0.1) is 0 Å². The summed E-state index contributed by atoms with van der Waals surface area (Å²) in [5.74, 6) is 0.713. The Morgan fingerprint density at radius 3 is 2.94 bits per heavy atom. The van der Waals surface area contributed by atoms with Gasteiger partial charge in [-0.3, -0.25) is 9.69 Å². The first-order chi connectivity index (χ1) is 8.13. The summed E-state index contributed by atoms with van der Waals surface area (Å²) in [4.78, 5) is 21.0. The first kappa shape index (κ1) is 12.3. The Morgan fingerprint density at radius 1 is 1.47 bits per heavy atom. The third-order valence-electron chi connectivity index (χ3n) is 3.43. The number of nitrogens with zero attached hydrogens (tertiary/aromatic N) is 4. The molecule has 1 aliphatic heterocycles. The first-order valence-electron chi connectivity index (χ1n) is 6.07. The van der Waals surface area contributed by atoms with Crippen LogP contribution in [0.3, 0.4) is 0 Å². The van der Waals surface area contributed by atoms with Gasteiger partial charge in [-0.05, 0) is 21.0 Å². The lowest BCUT2D eigenvalue weighted by atomic mass is 10.1. The Kier molecular flexibility index (Phi) is 3.59. The van der Waals surface area contributed by atoms with Crippen LogP contribution in [0.25, 0.3) is 0 Å². The Hall–Kier alpha value is -1.20. The number of piperazine rings is 1. The molecule has 94 valence electrons. The summed E-state index contributed by atoms with van der Waals surface area (Å²) >= 11 is 0. The minimum absolute atomic E-state index is 0.0681. The van der Waals surface area contributed by atoms with Crippen LogP contribution >= 0.6 is 0 Å². The second-order valence-electron chi connectivity index (χ2n) is 4.66. The fourth-order valence-electron chi connectivity index (χ4n) is 2.23. The van der Waals surface area contributed by atoms with Crippen LogP contribution in [0.15, 0.2) is 12.4 Å². The van der Waals surface area contributed by atoms with Crippen molar-refractivity contribution in [3.63, 3.8) is 0 Å². The van der Waals surface area contributed by atoms with Crippen molar-refractivity contribution in [3.8, 4) is 0 Å². The van der Waals surface area contributed by atoms with Crippen molar-refractivity contribution in [2.75, 3.05) is 33.7 Å². The minimum Gasteiger partial charge on any atom is -0.329 e. The molecule has 0 saturated carbocycles. The van der Waals surface area contributed by atoms with E-state index < -0.39 is 0 Å². The molecule has 1 atom stereocenters. The van der Waals surface area contributed by atoms with E-state index >= 15 is 0 Å². The van der Waals surface area contributed by atoms with Crippen LogP contribution < -0.4 is 0 Å². The molecule has 1 aromatic rings. The highest BCUT2D eigenvalue weighted by atomic mass is 16.1. The zero-order chi connectivity index (χ0) is 12.4. The van der Waals surface area contributed by atoms with Gasteiger partial charge < -0.3 is 9.47 Å². The number of hydrogen-bond donors (Lipinski definition) is 0. The summed E-state index contributed by atoms with van der Waals surface area (Å²) < 4.78 is 1.91. The molecule has 1 aromatic heterocycles. The van der Waals surface area contributed by atoms with Gasteiger partial charge in [-0.25, -0.2) is 4.98 Å². The molecule has 0 radical (unpaired) electrons. The van der Waals surface area contributed by atoms with Crippen LogP contribution in [0.2, 0.25) is 0 Å². The summed E-state index contributed by atoms with van der Waals surface area (Å²) in [5, 5.41) is 0. The van der Waals surface area contributed by atoms with Gasteiger partial charge in [-0.1, -0.05) is 0 Å². The Morgan fingerprint density at radius 2 is 2.24 bits per heavy atom. The standard InChI is InChI=1S/C12H20N4O/c1-4-16-6-5-13-12(16)11(17)10-9-14(2)7-8-15(10)3/h5-6,10H,4,7-9H2,1-3H3. The van der Waals surface area contributed by atoms with E-state index in [4.69, 9.17) is 0 Å². The number of aromatic nitrogens is 2. The molecule has 2 rings (SSSR count). The van der Waals surface area contributed by atoms with Gasteiger partial charge in [0, 0.05) is 38.6 Å². The number of carbonyl (C=O) groups excluding carboxylic acids is 1. The molecule has 5 heteroatoms. The lowest BCUT2D eigenvalue weighted by molar-refractivity contribution is 0.0672. The summed E-state index contributed by atoms with van der Waals surface area (Å²) in [5.41, 5.74) is 0. The van der Waals surface area contributed by atoms with Crippen LogP contribution in [0.1, 0.15) is 17.5 Å². The van der Waals surface area contributed by atoms with Crippen molar-refractivity contribution in [3.05, 3.63) is 18.2 Å². The zero-order valence-corrected chi connectivity index (χ0v) is 10.8. The average molecular weight is 236 g/mol. The van der Waals surface area contributed by atoms with Gasteiger partial charge in [0.05, 0.1) is 6.04 Å². The van der Waals surface area contributed by atoms with Gasteiger partial charge in [0.1, 0.15) is 0 Å². The van der Waals surface area contributed by atoms with E-state index in [-0.39, 0.29) is 11.8 Å². The second-order valence-corrected chi connectivity index (χ2v) is 4.66. The summed E-state index contributed by atoms with van der Waals surface area (Å²) in [7, 11) is 4.06. The van der Waals surface area contributed by atoms with Crippen LogP contribution in [-0.4, -0.2) is 64.9 Å². The molecule has 1 unspecified atom stereocenters. The van der Waals surface area contributed by atoms with E-state index in [1.807, 2.05) is 24.7 Å². The first-order valence-corrected chi connectivity index (χ1v) is 6.07. The topological polar surface area (TPSA) is 41.4 Å². The highest BCUT2D eigenvalue weighted by Gasteiger charge is 2.31. The van der Waals surface area contributed by atoms with Gasteiger partial charge in [0.25, 0.3) is 0 Å². The Labute approximate surface area is 102 Å². The molecule has 17 heavy (non-hydrogen) atoms. The Balaban J connectivity index is 2.18. The van der Waals surface area contributed by atoms with Crippen molar-refractivity contribution < 1.29 is 4.79 Å². The monoisotopic (exact) mass is 236 g/mol. The van der Waals surface area contributed by atoms with E-state index in [0.717, 1.165) is 26.2 Å². The normalized spacial score (nSPS) is 22.9. The van der Waals surface area contributed by atoms with E-state index in [1.54, 1.807) is 6.20 Å². The van der Waals surface area contributed by atoms with Gasteiger partial charge in [-0.15, -0.1) is 0 Å². The predicted molar refractivity (Wildman–Crippen MR) is 66.1 cm³/mol. The number of Topliss-reactive ketones (excluding diaryl/α,β-unsaturated/α-hetero) is 1. The lowest BCUT2D eigenvalue weighted by Gasteiger charge is -2.36. The quantitative estimate of drug-likeness (QED) is 0.709. The molecule has 0 aliphatic carbocycles. The number of aryl methyl sites for hydroxylation is 1. The summed E-state index contributed by atoms with van der Waals surface area (Å²) in [6, 6.07) is -0.0681. The second kappa shape index (κ2) is 4.98. The molecular weight excluding hydrogens is 216 g/mol. The molecule has 0 aromatic carbocycles. The van der Waals surface area contributed by atoms with Gasteiger partial charge in [0.15, 0.2) is 5.82 Å². The maximum atomic E-state index is 12.4. The SMILES string of the molecule is CCn1ccnc1C(=O)C1CN(C)CCN1C. The van der Waals surface area contributed by atoms with Gasteiger partial charge in [-0.2, -0.15) is 0 Å². The Bertz CT molecular complexity index is 401. The van der Waals surface area contributed by atoms with Crippen LogP contribution in [0.4, 0.5) is 0 Å². The van der Waals surface area contributed by atoms with Crippen molar-refractivity contribution in [1.29, 1.82) is 0 Å². The van der Waals surface area contributed by atoms with Crippen molar-refractivity contribution >= 4 is 5.78 Å². The molecular formula is C12H20N4O. The van der Waals surface area contributed by atoms with Crippen LogP contribution in [0.5, 0.6) is 0 Å². The van der Waals surface area contributed by atoms with E-state index in [0.29, 0.717) is 5.82 Å². The molecule has 0 spiro atoms. The van der Waals surface area contributed by atoms with E-state index in [2.05, 4.69) is 21.8 Å². The lowest BCUT2D eigenvalue weighted by Crippen LogP contribution is -2.53. The molecule has 2 heterocycles. The largest absolute Gasteiger partial charge is 0.329 e. The van der Waals surface area contributed by atoms with E-state index in [1.165, 1.54) is 0 Å². The number of ketones is 1. The molecule has 1 fully saturated rings. The molecule has 0 amide bonds. The molecule has 1 saturated heterocycles. The molecule has 0 N–H and O–H groups in total. The fraction of sp³-hybridized carbons (Fsp3) is 0.667. The molecule has 0 bridgehead atoms. The smallest absolute Gasteiger partial charge is 0.216 e. The predicted octanol–water partition coefficient (Wildman–Crippen LogP) is 0.332. The highest BCUT2D eigenvalue weighted by molar-refractivity contribution is 5.97. The van der Waals surface area contributed by atoms with Crippen molar-refractivity contribution in [2.24, 2.45) is 0 Å². The van der Waals surface area contributed by atoms with Crippen LogP contribution in [-0.2, 0) is 6.54 Å². The number of hydrogen-bond acceptors (Lipinski definition) is 4. The number of rotatable bonds is 3.